The quantitative estimate of drug-likeness (QED) is 0.789. The number of hydrogen-bond donors (Lipinski definition) is 0. The van der Waals surface area contributed by atoms with Crippen LogP contribution in [0.1, 0.15) is 17.6 Å². The van der Waals surface area contributed by atoms with Crippen LogP contribution < -0.4 is 0 Å². The maximum atomic E-state index is 4.41. The molecule has 0 radical (unpaired) electrons. The van der Waals surface area contributed by atoms with Gasteiger partial charge in [-0.15, -0.1) is 11.3 Å². The smallest absolute Gasteiger partial charge is 0.170 e. The van der Waals surface area contributed by atoms with Crippen molar-refractivity contribution in [1.82, 2.24) is 9.36 Å². The molecule has 15 heavy (non-hydrogen) atoms. The molecule has 0 unspecified atom stereocenters. The predicted octanol–water partition coefficient (Wildman–Crippen LogP) is 4.22. The molecule has 0 saturated carbocycles. The van der Waals surface area contributed by atoms with Gasteiger partial charge in [-0.2, -0.15) is 4.37 Å². The molecule has 2 nitrogen and oxygen atoms in total. The van der Waals surface area contributed by atoms with E-state index in [2.05, 4.69) is 44.3 Å². The largest absolute Gasteiger partial charge is 0.213 e. The van der Waals surface area contributed by atoms with E-state index in [-0.39, 0.29) is 0 Å². The van der Waals surface area contributed by atoms with Crippen LogP contribution in [0.25, 0.3) is 0 Å². The Morgan fingerprint density at radius 3 is 2.93 bits per heavy atom. The number of thiophene rings is 1. The number of aryl methyl sites for hydroxylation is 1. The molecule has 0 aliphatic heterocycles. The summed E-state index contributed by atoms with van der Waals surface area (Å²) in [5.74, 6) is 1.93. The van der Waals surface area contributed by atoms with Gasteiger partial charge in [-0.3, -0.25) is 0 Å². The standard InChI is InChI=1S/C9H9BrN2S3/c1-2-8-11-9(15-12-8)13-5-6-3-4-7(10)14-6/h3-4H,2,5H2,1H3. The fourth-order valence-corrected chi connectivity index (χ4v) is 4.22. The summed E-state index contributed by atoms with van der Waals surface area (Å²) >= 11 is 8.48. The highest BCUT2D eigenvalue weighted by Crippen LogP contribution is 2.29. The molecule has 0 aliphatic rings. The van der Waals surface area contributed by atoms with Crippen molar-refractivity contribution in [2.24, 2.45) is 0 Å². The average molecular weight is 321 g/mol. The first-order valence-corrected chi connectivity index (χ1v) is 7.84. The molecule has 0 N–H and O–H groups in total. The van der Waals surface area contributed by atoms with Crippen LogP contribution in [0.15, 0.2) is 20.3 Å². The molecule has 2 aromatic rings. The van der Waals surface area contributed by atoms with Gasteiger partial charge in [0.2, 0.25) is 0 Å². The Bertz CT molecular complexity index is 438. The van der Waals surface area contributed by atoms with E-state index < -0.39 is 0 Å². The molecule has 0 fully saturated rings. The fourth-order valence-electron chi connectivity index (χ4n) is 1.00. The molecular weight excluding hydrogens is 312 g/mol. The van der Waals surface area contributed by atoms with Gasteiger partial charge in [0, 0.05) is 17.1 Å². The minimum Gasteiger partial charge on any atom is -0.213 e. The Morgan fingerprint density at radius 1 is 1.47 bits per heavy atom. The molecule has 6 heteroatoms. The SMILES string of the molecule is CCc1nsc(SCc2ccc(Br)s2)n1. The Kier molecular flexibility index (Phi) is 4.19. The maximum Gasteiger partial charge on any atom is 0.170 e. The van der Waals surface area contributed by atoms with Gasteiger partial charge in [-0.1, -0.05) is 18.7 Å². The van der Waals surface area contributed by atoms with Gasteiger partial charge in [-0.25, -0.2) is 4.98 Å². The Hall–Kier alpha value is 0.0900. The lowest BCUT2D eigenvalue weighted by Crippen LogP contribution is -1.81. The van der Waals surface area contributed by atoms with E-state index in [1.54, 1.807) is 23.1 Å². The summed E-state index contributed by atoms with van der Waals surface area (Å²) in [5.41, 5.74) is 0. The molecular formula is C9H9BrN2S3. The van der Waals surface area contributed by atoms with Crippen LogP contribution in [0, 0.1) is 0 Å². The maximum absolute atomic E-state index is 4.41. The van der Waals surface area contributed by atoms with Crippen LogP contribution in [-0.4, -0.2) is 9.36 Å². The summed E-state index contributed by atoms with van der Waals surface area (Å²) < 4.78 is 6.51. The third-order valence-electron chi connectivity index (χ3n) is 1.73. The van der Waals surface area contributed by atoms with E-state index >= 15 is 0 Å². The zero-order valence-electron chi connectivity index (χ0n) is 8.07. The zero-order chi connectivity index (χ0) is 10.7. The molecule has 0 spiro atoms. The summed E-state index contributed by atoms with van der Waals surface area (Å²) in [6.45, 7) is 2.08. The highest BCUT2D eigenvalue weighted by atomic mass is 79.9. The summed E-state index contributed by atoms with van der Waals surface area (Å²) in [4.78, 5) is 5.78. The lowest BCUT2D eigenvalue weighted by atomic mass is 10.5. The van der Waals surface area contributed by atoms with E-state index in [0.717, 1.165) is 22.3 Å². The number of aromatic nitrogens is 2. The van der Waals surface area contributed by atoms with Gasteiger partial charge in [0.15, 0.2) is 4.34 Å². The molecule has 0 atom stereocenters. The molecule has 0 amide bonds. The fraction of sp³-hybridized carbons (Fsp3) is 0.333. The van der Waals surface area contributed by atoms with E-state index in [0.29, 0.717) is 0 Å². The first-order chi connectivity index (χ1) is 7.28. The monoisotopic (exact) mass is 320 g/mol. The van der Waals surface area contributed by atoms with Crippen molar-refractivity contribution >= 4 is 50.6 Å². The van der Waals surface area contributed by atoms with Crippen molar-refractivity contribution in [2.75, 3.05) is 0 Å². The van der Waals surface area contributed by atoms with Gasteiger partial charge >= 0.3 is 0 Å². The summed E-state index contributed by atoms with van der Waals surface area (Å²) in [5, 5.41) is 0. The number of nitrogens with zero attached hydrogens (tertiary/aromatic N) is 2. The van der Waals surface area contributed by atoms with Gasteiger partial charge in [-0.05, 0) is 39.6 Å². The van der Waals surface area contributed by atoms with Crippen molar-refractivity contribution < 1.29 is 0 Å². The summed E-state index contributed by atoms with van der Waals surface area (Å²) in [6.07, 6.45) is 0.918. The van der Waals surface area contributed by atoms with Crippen molar-refractivity contribution in [3.05, 3.63) is 26.6 Å². The van der Waals surface area contributed by atoms with Crippen LogP contribution in [0.3, 0.4) is 0 Å². The minimum atomic E-state index is 0.918. The van der Waals surface area contributed by atoms with Gasteiger partial charge in [0.05, 0.1) is 3.79 Å². The lowest BCUT2D eigenvalue weighted by molar-refractivity contribution is 0.971. The topological polar surface area (TPSA) is 25.8 Å². The van der Waals surface area contributed by atoms with E-state index in [4.69, 9.17) is 0 Å². The lowest BCUT2D eigenvalue weighted by Gasteiger charge is -1.92. The first-order valence-electron chi connectivity index (χ1n) is 4.47. The predicted molar refractivity (Wildman–Crippen MR) is 70.9 cm³/mol. The van der Waals surface area contributed by atoms with Crippen LogP contribution in [0.2, 0.25) is 0 Å². The third kappa shape index (κ3) is 3.27. The molecule has 2 heterocycles. The highest BCUT2D eigenvalue weighted by Gasteiger charge is 2.04. The van der Waals surface area contributed by atoms with Crippen LogP contribution in [0.5, 0.6) is 0 Å². The molecule has 80 valence electrons. The van der Waals surface area contributed by atoms with Crippen LogP contribution >= 0.6 is 50.6 Å². The summed E-state index contributed by atoms with van der Waals surface area (Å²) in [6, 6.07) is 4.22. The van der Waals surface area contributed by atoms with Crippen LogP contribution in [-0.2, 0) is 12.2 Å². The van der Waals surface area contributed by atoms with E-state index in [9.17, 15) is 0 Å². The second kappa shape index (κ2) is 5.43. The van der Waals surface area contributed by atoms with Gasteiger partial charge < -0.3 is 0 Å². The third-order valence-corrected chi connectivity index (χ3v) is 5.46. The molecule has 0 aliphatic carbocycles. The number of thioether (sulfide) groups is 1. The first kappa shape index (κ1) is 11.6. The molecule has 2 rings (SSSR count). The van der Waals surface area contributed by atoms with Crippen molar-refractivity contribution in [1.29, 1.82) is 0 Å². The van der Waals surface area contributed by atoms with E-state index in [1.807, 2.05) is 0 Å². The van der Waals surface area contributed by atoms with Crippen LogP contribution in [0.4, 0.5) is 0 Å². The second-order valence-electron chi connectivity index (χ2n) is 2.82. The number of halogens is 1. The normalized spacial score (nSPS) is 10.8. The van der Waals surface area contributed by atoms with Crippen molar-refractivity contribution in [3.8, 4) is 0 Å². The molecule has 0 saturated heterocycles. The second-order valence-corrected chi connectivity index (χ2v) is 7.35. The molecule has 2 aromatic heterocycles. The molecule has 0 bridgehead atoms. The Morgan fingerprint density at radius 2 is 2.33 bits per heavy atom. The summed E-state index contributed by atoms with van der Waals surface area (Å²) in [7, 11) is 0. The van der Waals surface area contributed by atoms with Gasteiger partial charge in [0.1, 0.15) is 5.82 Å². The number of rotatable bonds is 4. The average Bonchev–Trinajstić information content (AvgIpc) is 2.83. The van der Waals surface area contributed by atoms with Crippen molar-refractivity contribution in [2.45, 2.75) is 23.4 Å². The highest BCUT2D eigenvalue weighted by molar-refractivity contribution is 9.11. The minimum absolute atomic E-state index is 0.918. The Labute approximate surface area is 109 Å². The van der Waals surface area contributed by atoms with Gasteiger partial charge in [0.25, 0.3) is 0 Å². The Balaban J connectivity index is 1.93. The van der Waals surface area contributed by atoms with Crippen molar-refractivity contribution in [3.63, 3.8) is 0 Å². The zero-order valence-corrected chi connectivity index (χ0v) is 12.1. The molecule has 0 aromatic carbocycles. The van der Waals surface area contributed by atoms with E-state index in [1.165, 1.54) is 20.2 Å². The number of hydrogen-bond acceptors (Lipinski definition) is 5.